The number of rotatable bonds is 0. The van der Waals surface area contributed by atoms with Crippen LogP contribution in [0.3, 0.4) is 0 Å². The van der Waals surface area contributed by atoms with Crippen LogP contribution in [0.2, 0.25) is 0 Å². The minimum absolute atomic E-state index is 0.616. The monoisotopic (exact) mass is 162 g/mol. The maximum absolute atomic E-state index is 10.6. The van der Waals surface area contributed by atoms with Crippen molar-refractivity contribution in [1.29, 1.82) is 0 Å². The van der Waals surface area contributed by atoms with Crippen LogP contribution in [0.25, 0.3) is 11.0 Å². The average molecular weight is 162 g/mol. The molecule has 0 amide bonds. The smallest absolute Gasteiger partial charge is 0.417 e. The summed E-state index contributed by atoms with van der Waals surface area (Å²) in [5, 5.41) is 8.69. The third kappa shape index (κ3) is 0.852. The van der Waals surface area contributed by atoms with E-state index >= 15 is 0 Å². The summed E-state index contributed by atoms with van der Waals surface area (Å²) >= 11 is 0. The lowest BCUT2D eigenvalue weighted by atomic mass is 10.3. The van der Waals surface area contributed by atoms with Crippen LogP contribution in [0, 0.1) is 0 Å². The van der Waals surface area contributed by atoms with E-state index in [4.69, 9.17) is 5.11 Å². The van der Waals surface area contributed by atoms with Gasteiger partial charge >= 0.3 is 6.09 Å². The molecule has 0 fully saturated rings. The Morgan fingerprint density at radius 1 is 1.42 bits per heavy atom. The Bertz CT molecular complexity index is 433. The number of hydrogen-bond donors (Lipinski definition) is 1. The minimum Gasteiger partial charge on any atom is -0.464 e. The first-order chi connectivity index (χ1) is 5.79. The highest BCUT2D eigenvalue weighted by Gasteiger charge is 2.05. The van der Waals surface area contributed by atoms with Crippen LogP contribution in [0.15, 0.2) is 30.6 Å². The molecule has 1 aromatic carbocycles. The quantitative estimate of drug-likeness (QED) is 0.639. The summed E-state index contributed by atoms with van der Waals surface area (Å²) in [7, 11) is 0. The van der Waals surface area contributed by atoms with Gasteiger partial charge in [0.25, 0.3) is 0 Å². The number of carboxylic acid groups (broad SMARTS) is 1. The van der Waals surface area contributed by atoms with Crippen LogP contribution in [0.4, 0.5) is 4.79 Å². The molecule has 0 spiro atoms. The molecule has 0 atom stereocenters. The van der Waals surface area contributed by atoms with E-state index in [2.05, 4.69) is 4.98 Å². The first-order valence-electron chi connectivity index (χ1n) is 3.44. The molecule has 0 radical (unpaired) electrons. The second-order valence-electron chi connectivity index (χ2n) is 2.39. The van der Waals surface area contributed by atoms with Crippen LogP contribution in [0.5, 0.6) is 0 Å². The van der Waals surface area contributed by atoms with Crippen molar-refractivity contribution in [3.63, 3.8) is 0 Å². The molecule has 0 saturated carbocycles. The Balaban J connectivity index is 2.79. The van der Waals surface area contributed by atoms with Gasteiger partial charge in [0.05, 0.1) is 11.0 Å². The third-order valence-corrected chi connectivity index (χ3v) is 1.66. The zero-order valence-electron chi connectivity index (χ0n) is 6.14. The number of hydrogen-bond acceptors (Lipinski definition) is 2. The first-order valence-corrected chi connectivity index (χ1v) is 3.44. The lowest BCUT2D eigenvalue weighted by Crippen LogP contribution is -2.05. The standard InChI is InChI=1S/C8H6N2O2/c11-8(12)10-5-9-6-3-1-2-4-7(6)10/h1-5H,(H,11,12). The van der Waals surface area contributed by atoms with Crippen LogP contribution in [-0.4, -0.2) is 20.8 Å². The average Bonchev–Trinajstić information content (AvgIpc) is 2.47. The summed E-state index contributed by atoms with van der Waals surface area (Å²) in [4.78, 5) is 14.5. The molecular formula is C8H6N2O2. The summed E-state index contributed by atoms with van der Waals surface area (Å²) in [6, 6.07) is 7.09. The molecule has 4 heteroatoms. The summed E-state index contributed by atoms with van der Waals surface area (Å²) in [6.45, 7) is 0. The summed E-state index contributed by atoms with van der Waals surface area (Å²) in [6.07, 6.45) is 0.288. The second kappa shape index (κ2) is 2.34. The van der Waals surface area contributed by atoms with E-state index in [0.717, 1.165) is 4.57 Å². The fraction of sp³-hybridized carbons (Fsp3) is 0. The topological polar surface area (TPSA) is 55.1 Å². The zero-order valence-corrected chi connectivity index (χ0v) is 6.14. The molecule has 0 aliphatic carbocycles. The number of aromatic nitrogens is 2. The van der Waals surface area contributed by atoms with Crippen molar-refractivity contribution in [2.45, 2.75) is 0 Å². The molecule has 2 rings (SSSR count). The van der Waals surface area contributed by atoms with Crippen LogP contribution in [-0.2, 0) is 0 Å². The Labute approximate surface area is 68.1 Å². The molecule has 1 aromatic heterocycles. The molecule has 0 saturated heterocycles. The van der Waals surface area contributed by atoms with E-state index in [0.29, 0.717) is 11.0 Å². The molecule has 0 bridgehead atoms. The van der Waals surface area contributed by atoms with Crippen LogP contribution < -0.4 is 0 Å². The highest BCUT2D eigenvalue weighted by molar-refractivity contribution is 5.85. The maximum atomic E-state index is 10.6. The van der Waals surface area contributed by atoms with Gasteiger partial charge < -0.3 is 5.11 Å². The number of para-hydroxylation sites is 2. The van der Waals surface area contributed by atoms with Gasteiger partial charge in [-0.05, 0) is 12.1 Å². The minimum atomic E-state index is -1.01. The van der Waals surface area contributed by atoms with Gasteiger partial charge in [0, 0.05) is 0 Å². The van der Waals surface area contributed by atoms with Gasteiger partial charge in [-0.1, -0.05) is 12.1 Å². The predicted molar refractivity (Wildman–Crippen MR) is 43.2 cm³/mol. The van der Waals surface area contributed by atoms with Crippen LogP contribution >= 0.6 is 0 Å². The van der Waals surface area contributed by atoms with E-state index < -0.39 is 6.09 Å². The van der Waals surface area contributed by atoms with Crippen molar-refractivity contribution < 1.29 is 9.90 Å². The fourth-order valence-electron chi connectivity index (χ4n) is 1.11. The van der Waals surface area contributed by atoms with Gasteiger partial charge in [0.2, 0.25) is 0 Å². The van der Waals surface area contributed by atoms with Crippen molar-refractivity contribution in [2.24, 2.45) is 0 Å². The summed E-state index contributed by atoms with van der Waals surface area (Å²) in [5.41, 5.74) is 1.31. The molecule has 60 valence electrons. The largest absolute Gasteiger partial charge is 0.464 e. The number of nitrogens with zero attached hydrogens (tertiary/aromatic N) is 2. The number of carbonyl (C=O) groups is 1. The van der Waals surface area contributed by atoms with E-state index in [1.807, 2.05) is 6.07 Å². The number of imidazole rings is 1. The summed E-state index contributed by atoms with van der Waals surface area (Å²) in [5.74, 6) is 0. The summed E-state index contributed by atoms with van der Waals surface area (Å²) < 4.78 is 1.09. The van der Waals surface area contributed by atoms with Gasteiger partial charge in [0.1, 0.15) is 6.33 Å². The number of benzene rings is 1. The van der Waals surface area contributed by atoms with Gasteiger partial charge in [-0.25, -0.2) is 14.3 Å². The van der Waals surface area contributed by atoms with Crippen molar-refractivity contribution in [3.8, 4) is 0 Å². The molecule has 12 heavy (non-hydrogen) atoms. The zero-order chi connectivity index (χ0) is 8.55. The van der Waals surface area contributed by atoms with E-state index in [1.54, 1.807) is 18.2 Å². The molecule has 1 N–H and O–H groups in total. The van der Waals surface area contributed by atoms with Gasteiger partial charge in [0.15, 0.2) is 0 Å². The highest BCUT2D eigenvalue weighted by atomic mass is 16.4. The highest BCUT2D eigenvalue weighted by Crippen LogP contribution is 2.10. The molecule has 0 unspecified atom stereocenters. The number of fused-ring (bicyclic) bond motifs is 1. The van der Waals surface area contributed by atoms with Crippen molar-refractivity contribution in [1.82, 2.24) is 9.55 Å². The van der Waals surface area contributed by atoms with Crippen molar-refractivity contribution in [2.75, 3.05) is 0 Å². The Kier molecular flexibility index (Phi) is 1.33. The Hall–Kier alpha value is -1.84. The molecule has 2 aromatic rings. The second-order valence-corrected chi connectivity index (χ2v) is 2.39. The van der Waals surface area contributed by atoms with Crippen LogP contribution in [0.1, 0.15) is 0 Å². The SMILES string of the molecule is O=C(O)n1cnc2ccccc21. The lowest BCUT2D eigenvalue weighted by Gasteiger charge is -1.93. The normalized spacial score (nSPS) is 10.3. The maximum Gasteiger partial charge on any atom is 0.417 e. The van der Waals surface area contributed by atoms with E-state index in [-0.39, 0.29) is 0 Å². The Morgan fingerprint density at radius 3 is 2.92 bits per heavy atom. The van der Waals surface area contributed by atoms with E-state index in [1.165, 1.54) is 6.33 Å². The molecule has 1 heterocycles. The Morgan fingerprint density at radius 2 is 2.17 bits per heavy atom. The van der Waals surface area contributed by atoms with Crippen molar-refractivity contribution in [3.05, 3.63) is 30.6 Å². The fourth-order valence-corrected chi connectivity index (χ4v) is 1.11. The first kappa shape index (κ1) is 6.84. The van der Waals surface area contributed by atoms with Crippen molar-refractivity contribution >= 4 is 17.1 Å². The van der Waals surface area contributed by atoms with Gasteiger partial charge in [-0.15, -0.1) is 0 Å². The van der Waals surface area contributed by atoms with Gasteiger partial charge in [-0.2, -0.15) is 0 Å². The lowest BCUT2D eigenvalue weighted by molar-refractivity contribution is 0.197. The molecule has 0 aliphatic heterocycles. The van der Waals surface area contributed by atoms with E-state index in [9.17, 15) is 4.79 Å². The molecule has 0 aliphatic rings. The molecular weight excluding hydrogens is 156 g/mol. The third-order valence-electron chi connectivity index (χ3n) is 1.66. The molecule has 4 nitrogen and oxygen atoms in total. The van der Waals surface area contributed by atoms with Gasteiger partial charge in [-0.3, -0.25) is 0 Å². The predicted octanol–water partition coefficient (Wildman–Crippen LogP) is 1.56.